The first-order valence-electron chi connectivity index (χ1n) is 8.66. The lowest BCUT2D eigenvalue weighted by Gasteiger charge is -2.21. The van der Waals surface area contributed by atoms with E-state index in [1.54, 1.807) is 5.56 Å². The molecule has 0 saturated heterocycles. The van der Waals surface area contributed by atoms with Gasteiger partial charge in [0.1, 0.15) is 0 Å². The number of nitrogens with one attached hydrogen (secondary N) is 1. The number of rotatable bonds is 5. The molecule has 0 amide bonds. The smallest absolute Gasteiger partial charge is 0.00698 e. The van der Waals surface area contributed by atoms with Crippen molar-refractivity contribution in [3.05, 3.63) is 35.9 Å². The molecule has 20 heavy (non-hydrogen) atoms. The predicted octanol–water partition coefficient (Wildman–Crippen LogP) is 4.74. The van der Waals surface area contributed by atoms with Gasteiger partial charge in [0, 0.05) is 6.04 Å². The lowest BCUT2D eigenvalue weighted by molar-refractivity contribution is 0.349. The average molecular weight is 271 g/mol. The van der Waals surface area contributed by atoms with Gasteiger partial charge in [-0.3, -0.25) is 0 Å². The molecule has 0 bridgehead atoms. The van der Waals surface area contributed by atoms with Crippen LogP contribution in [0, 0.1) is 11.8 Å². The van der Waals surface area contributed by atoms with E-state index in [2.05, 4.69) is 42.6 Å². The molecule has 4 unspecified atom stereocenters. The van der Waals surface area contributed by atoms with Crippen molar-refractivity contribution in [1.82, 2.24) is 5.32 Å². The molecule has 0 heterocycles. The molecule has 1 aromatic rings. The molecule has 1 nitrogen and oxygen atoms in total. The van der Waals surface area contributed by atoms with Crippen molar-refractivity contribution in [2.75, 3.05) is 6.54 Å². The first-order chi connectivity index (χ1) is 9.88. The highest BCUT2D eigenvalue weighted by atomic mass is 14.9. The van der Waals surface area contributed by atoms with E-state index in [9.17, 15) is 0 Å². The van der Waals surface area contributed by atoms with Crippen LogP contribution in [0.4, 0.5) is 0 Å². The summed E-state index contributed by atoms with van der Waals surface area (Å²) in [5.41, 5.74) is 1.58. The van der Waals surface area contributed by atoms with Crippen LogP contribution < -0.4 is 5.32 Å². The molecule has 1 aromatic carbocycles. The summed E-state index contributed by atoms with van der Waals surface area (Å²) < 4.78 is 0. The molecule has 1 N–H and O–H groups in total. The molecule has 2 aliphatic carbocycles. The monoisotopic (exact) mass is 271 g/mol. The summed E-state index contributed by atoms with van der Waals surface area (Å²) >= 11 is 0. The molecule has 2 aliphatic rings. The maximum atomic E-state index is 3.78. The molecule has 4 atom stereocenters. The lowest BCUT2D eigenvalue weighted by atomic mass is 9.90. The minimum absolute atomic E-state index is 0.791. The zero-order valence-corrected chi connectivity index (χ0v) is 12.9. The van der Waals surface area contributed by atoms with E-state index in [1.165, 1.54) is 51.5 Å². The SMILES string of the molecule is CCCNC1CCCCC(C2CC2c2ccccc2)C1. The average Bonchev–Trinajstić information content (AvgIpc) is 3.29. The Morgan fingerprint density at radius 3 is 2.65 bits per heavy atom. The Kier molecular flexibility index (Phi) is 4.77. The van der Waals surface area contributed by atoms with Gasteiger partial charge in [-0.25, -0.2) is 0 Å². The van der Waals surface area contributed by atoms with Crippen LogP contribution in [0.2, 0.25) is 0 Å². The fourth-order valence-electron chi connectivity index (χ4n) is 4.14. The van der Waals surface area contributed by atoms with Crippen molar-refractivity contribution in [1.29, 1.82) is 0 Å². The topological polar surface area (TPSA) is 12.0 Å². The fraction of sp³-hybridized carbons (Fsp3) is 0.684. The van der Waals surface area contributed by atoms with Gasteiger partial charge in [0.25, 0.3) is 0 Å². The molecular formula is C19H29N. The van der Waals surface area contributed by atoms with E-state index in [4.69, 9.17) is 0 Å². The zero-order chi connectivity index (χ0) is 13.8. The summed E-state index contributed by atoms with van der Waals surface area (Å²) in [5, 5.41) is 3.78. The van der Waals surface area contributed by atoms with Crippen LogP contribution in [0.1, 0.15) is 63.4 Å². The van der Waals surface area contributed by atoms with Gasteiger partial charge < -0.3 is 5.32 Å². The van der Waals surface area contributed by atoms with Crippen LogP contribution in [0.3, 0.4) is 0 Å². The van der Waals surface area contributed by atoms with E-state index >= 15 is 0 Å². The minimum Gasteiger partial charge on any atom is -0.314 e. The molecule has 1 heteroatoms. The van der Waals surface area contributed by atoms with E-state index in [-0.39, 0.29) is 0 Å². The van der Waals surface area contributed by atoms with Gasteiger partial charge in [-0.2, -0.15) is 0 Å². The van der Waals surface area contributed by atoms with Crippen LogP contribution in [0.15, 0.2) is 30.3 Å². The molecule has 2 fully saturated rings. The van der Waals surface area contributed by atoms with Crippen LogP contribution >= 0.6 is 0 Å². The van der Waals surface area contributed by atoms with Gasteiger partial charge in [0.15, 0.2) is 0 Å². The van der Waals surface area contributed by atoms with Gasteiger partial charge >= 0.3 is 0 Å². The number of hydrogen-bond acceptors (Lipinski definition) is 1. The highest BCUT2D eigenvalue weighted by molar-refractivity contribution is 5.26. The van der Waals surface area contributed by atoms with Crippen LogP contribution in [0.5, 0.6) is 0 Å². The maximum Gasteiger partial charge on any atom is 0.00698 e. The second kappa shape index (κ2) is 6.76. The molecule has 0 aromatic heterocycles. The van der Waals surface area contributed by atoms with E-state index in [0.717, 1.165) is 23.8 Å². The maximum absolute atomic E-state index is 3.78. The minimum atomic E-state index is 0.791. The Morgan fingerprint density at radius 1 is 1.05 bits per heavy atom. The molecule has 2 saturated carbocycles. The Balaban J connectivity index is 1.57. The van der Waals surface area contributed by atoms with Crippen LogP contribution in [0.25, 0.3) is 0 Å². The van der Waals surface area contributed by atoms with Crippen molar-refractivity contribution in [3.63, 3.8) is 0 Å². The van der Waals surface area contributed by atoms with Gasteiger partial charge in [-0.1, -0.05) is 56.5 Å². The third-order valence-corrected chi connectivity index (χ3v) is 5.32. The summed E-state index contributed by atoms with van der Waals surface area (Å²) in [6.07, 6.45) is 9.88. The lowest BCUT2D eigenvalue weighted by Crippen LogP contribution is -2.31. The molecule has 0 radical (unpaired) electrons. The van der Waals surface area contributed by atoms with Crippen LogP contribution in [-0.4, -0.2) is 12.6 Å². The standard InChI is InChI=1S/C19H29N/c1-2-12-20-17-11-7-6-10-16(13-17)19-14-18(19)15-8-4-3-5-9-15/h3-5,8-9,16-20H,2,6-7,10-14H2,1H3. The van der Waals surface area contributed by atoms with Gasteiger partial charge in [-0.05, 0) is 55.5 Å². The quantitative estimate of drug-likeness (QED) is 0.763. The van der Waals surface area contributed by atoms with Gasteiger partial charge in [0.2, 0.25) is 0 Å². The highest BCUT2D eigenvalue weighted by Gasteiger charge is 2.44. The van der Waals surface area contributed by atoms with Crippen molar-refractivity contribution in [2.45, 2.75) is 63.8 Å². The fourth-order valence-corrected chi connectivity index (χ4v) is 4.14. The van der Waals surface area contributed by atoms with Crippen molar-refractivity contribution < 1.29 is 0 Å². The molecule has 0 spiro atoms. The van der Waals surface area contributed by atoms with E-state index in [0.29, 0.717) is 0 Å². The summed E-state index contributed by atoms with van der Waals surface area (Å²) in [6, 6.07) is 12.0. The first-order valence-corrected chi connectivity index (χ1v) is 8.66. The van der Waals surface area contributed by atoms with E-state index < -0.39 is 0 Å². The Hall–Kier alpha value is -0.820. The Bertz CT molecular complexity index is 399. The Morgan fingerprint density at radius 2 is 1.85 bits per heavy atom. The zero-order valence-electron chi connectivity index (χ0n) is 12.9. The third-order valence-electron chi connectivity index (χ3n) is 5.32. The first kappa shape index (κ1) is 14.1. The third kappa shape index (κ3) is 3.44. The summed E-state index contributed by atoms with van der Waals surface area (Å²) in [4.78, 5) is 0. The van der Waals surface area contributed by atoms with Crippen molar-refractivity contribution in [2.24, 2.45) is 11.8 Å². The summed E-state index contributed by atoms with van der Waals surface area (Å²) in [7, 11) is 0. The second-order valence-electron chi connectivity index (χ2n) is 6.85. The Labute approximate surface area is 124 Å². The van der Waals surface area contributed by atoms with Gasteiger partial charge in [-0.15, -0.1) is 0 Å². The summed E-state index contributed by atoms with van der Waals surface area (Å²) in [5.74, 6) is 2.81. The normalized spacial score (nSPS) is 33.6. The number of benzene rings is 1. The van der Waals surface area contributed by atoms with E-state index in [1.807, 2.05) is 0 Å². The largest absolute Gasteiger partial charge is 0.314 e. The molecule has 0 aliphatic heterocycles. The van der Waals surface area contributed by atoms with Crippen molar-refractivity contribution >= 4 is 0 Å². The second-order valence-corrected chi connectivity index (χ2v) is 6.85. The highest BCUT2D eigenvalue weighted by Crippen LogP contribution is 2.54. The number of hydrogen-bond donors (Lipinski definition) is 1. The van der Waals surface area contributed by atoms with Crippen molar-refractivity contribution in [3.8, 4) is 0 Å². The van der Waals surface area contributed by atoms with Gasteiger partial charge in [0.05, 0.1) is 0 Å². The molecule has 110 valence electrons. The summed E-state index contributed by atoms with van der Waals surface area (Å²) in [6.45, 7) is 3.47. The molecule has 3 rings (SSSR count). The van der Waals surface area contributed by atoms with Crippen LogP contribution in [-0.2, 0) is 0 Å². The molecular weight excluding hydrogens is 242 g/mol. The predicted molar refractivity (Wildman–Crippen MR) is 85.9 cm³/mol.